The number of carbonyl (C=O) groups is 1. The van der Waals surface area contributed by atoms with E-state index in [1.807, 2.05) is 0 Å². The lowest BCUT2D eigenvalue weighted by Gasteiger charge is -2.11. The Morgan fingerprint density at radius 1 is 1.42 bits per heavy atom. The lowest BCUT2D eigenvalue weighted by molar-refractivity contribution is 0.0989. The van der Waals surface area contributed by atoms with E-state index < -0.39 is 0 Å². The highest BCUT2D eigenvalue weighted by atomic mass is 127. The van der Waals surface area contributed by atoms with E-state index in [4.69, 9.17) is 0 Å². The SMILES string of the molecule is O=C(NI)c1ccc(=O)n(CCC2=CC=CCC2)c1. The van der Waals surface area contributed by atoms with Gasteiger partial charge in [0.1, 0.15) is 0 Å². The van der Waals surface area contributed by atoms with E-state index in [2.05, 4.69) is 21.8 Å². The van der Waals surface area contributed by atoms with Crippen molar-refractivity contribution >= 4 is 28.8 Å². The molecule has 1 aliphatic rings. The maximum Gasteiger partial charge on any atom is 0.261 e. The van der Waals surface area contributed by atoms with Crippen LogP contribution in [0.25, 0.3) is 0 Å². The normalized spacial score (nSPS) is 14.1. The van der Waals surface area contributed by atoms with Gasteiger partial charge in [-0.15, -0.1) is 0 Å². The van der Waals surface area contributed by atoms with Gasteiger partial charge in [-0.25, -0.2) is 0 Å². The first-order valence-electron chi connectivity index (χ1n) is 6.17. The van der Waals surface area contributed by atoms with E-state index in [9.17, 15) is 9.59 Å². The van der Waals surface area contributed by atoms with Crippen molar-refractivity contribution in [2.75, 3.05) is 0 Å². The highest BCUT2D eigenvalue weighted by Gasteiger charge is 2.07. The number of nitrogens with zero attached hydrogens (tertiary/aromatic N) is 1. The molecule has 19 heavy (non-hydrogen) atoms. The zero-order chi connectivity index (χ0) is 13.7. The standard InChI is InChI=1S/C14H15IN2O2/c15-16-14(19)12-6-7-13(18)17(10-12)9-8-11-4-2-1-3-5-11/h1-2,4,6-7,10H,3,5,8-9H2,(H,16,19). The molecule has 1 heterocycles. The predicted molar refractivity (Wildman–Crippen MR) is 83.3 cm³/mol. The second-order valence-electron chi connectivity index (χ2n) is 4.41. The molecular weight excluding hydrogens is 355 g/mol. The van der Waals surface area contributed by atoms with Crippen LogP contribution >= 0.6 is 22.9 Å². The average Bonchev–Trinajstić information content (AvgIpc) is 2.46. The van der Waals surface area contributed by atoms with Gasteiger partial charge in [-0.3, -0.25) is 13.1 Å². The third-order valence-electron chi connectivity index (χ3n) is 3.11. The zero-order valence-corrected chi connectivity index (χ0v) is 12.6. The molecule has 1 N–H and O–H groups in total. The molecule has 0 bridgehead atoms. The zero-order valence-electron chi connectivity index (χ0n) is 10.4. The van der Waals surface area contributed by atoms with Gasteiger partial charge in [-0.1, -0.05) is 23.8 Å². The second-order valence-corrected chi connectivity index (χ2v) is 4.95. The molecule has 2 rings (SSSR count). The summed E-state index contributed by atoms with van der Waals surface area (Å²) < 4.78 is 4.13. The second kappa shape index (κ2) is 6.70. The number of nitrogens with one attached hydrogen (secondary N) is 1. The molecule has 0 aromatic carbocycles. The summed E-state index contributed by atoms with van der Waals surface area (Å²) in [5, 5.41) is 0. The molecule has 0 saturated carbocycles. The van der Waals surface area contributed by atoms with Crippen molar-refractivity contribution in [1.29, 1.82) is 0 Å². The van der Waals surface area contributed by atoms with Gasteiger partial charge in [0, 0.05) is 18.8 Å². The first-order valence-corrected chi connectivity index (χ1v) is 7.24. The van der Waals surface area contributed by atoms with E-state index in [-0.39, 0.29) is 11.5 Å². The van der Waals surface area contributed by atoms with E-state index in [1.54, 1.807) is 39.7 Å². The number of aryl methyl sites for hydroxylation is 1. The van der Waals surface area contributed by atoms with Crippen LogP contribution in [0.15, 0.2) is 46.9 Å². The maximum absolute atomic E-state index is 11.8. The van der Waals surface area contributed by atoms with Crippen molar-refractivity contribution in [2.24, 2.45) is 0 Å². The van der Waals surface area contributed by atoms with Gasteiger partial charge in [0.05, 0.1) is 28.4 Å². The first-order chi connectivity index (χ1) is 9.20. The monoisotopic (exact) mass is 370 g/mol. The Kier molecular flexibility index (Phi) is 4.95. The first kappa shape index (κ1) is 14.0. The minimum Gasteiger partial charge on any atom is -0.314 e. The maximum atomic E-state index is 11.8. The molecule has 1 aromatic rings. The number of hydrogen-bond acceptors (Lipinski definition) is 2. The Bertz CT molecular complexity index is 587. The number of carbonyl (C=O) groups excluding carboxylic acids is 1. The van der Waals surface area contributed by atoms with Crippen molar-refractivity contribution in [2.45, 2.75) is 25.8 Å². The van der Waals surface area contributed by atoms with Gasteiger partial charge < -0.3 is 4.57 Å². The van der Waals surface area contributed by atoms with E-state index >= 15 is 0 Å². The highest BCUT2D eigenvalue weighted by molar-refractivity contribution is 14.1. The lowest BCUT2D eigenvalue weighted by atomic mass is 10.0. The van der Waals surface area contributed by atoms with Crippen LogP contribution in [0.4, 0.5) is 0 Å². The summed E-state index contributed by atoms with van der Waals surface area (Å²) in [5.41, 5.74) is 1.78. The van der Waals surface area contributed by atoms with Crippen molar-refractivity contribution in [3.63, 3.8) is 0 Å². The largest absolute Gasteiger partial charge is 0.314 e. The topological polar surface area (TPSA) is 51.1 Å². The van der Waals surface area contributed by atoms with Gasteiger partial charge in [0.25, 0.3) is 11.5 Å². The minimum atomic E-state index is -0.186. The van der Waals surface area contributed by atoms with Crippen LogP contribution in [0, 0.1) is 0 Å². The van der Waals surface area contributed by atoms with Crippen LogP contribution in [-0.4, -0.2) is 10.5 Å². The fourth-order valence-corrected chi connectivity index (χ4v) is 2.33. The number of amides is 1. The van der Waals surface area contributed by atoms with Crippen LogP contribution in [0.1, 0.15) is 29.6 Å². The Hall–Kier alpha value is -1.37. The van der Waals surface area contributed by atoms with Gasteiger partial charge >= 0.3 is 0 Å². The lowest BCUT2D eigenvalue weighted by Crippen LogP contribution is -2.22. The molecule has 5 heteroatoms. The summed E-state index contributed by atoms with van der Waals surface area (Å²) in [4.78, 5) is 23.3. The molecule has 1 aliphatic carbocycles. The summed E-state index contributed by atoms with van der Waals surface area (Å²) in [6, 6.07) is 2.99. The Morgan fingerprint density at radius 2 is 2.26 bits per heavy atom. The molecule has 0 radical (unpaired) electrons. The van der Waals surface area contributed by atoms with Crippen molar-refractivity contribution in [1.82, 2.24) is 8.10 Å². The summed E-state index contributed by atoms with van der Waals surface area (Å²) in [6.45, 7) is 0.612. The molecule has 0 spiro atoms. The van der Waals surface area contributed by atoms with Crippen molar-refractivity contribution in [3.8, 4) is 0 Å². The summed E-state index contributed by atoms with van der Waals surface area (Å²) in [5.74, 6) is -0.186. The van der Waals surface area contributed by atoms with Crippen LogP contribution in [0.2, 0.25) is 0 Å². The van der Waals surface area contributed by atoms with Crippen LogP contribution < -0.4 is 9.09 Å². The van der Waals surface area contributed by atoms with Gasteiger partial charge in [-0.2, -0.15) is 0 Å². The third kappa shape index (κ3) is 3.79. The number of pyridine rings is 1. The molecule has 0 atom stereocenters. The number of aromatic nitrogens is 1. The number of rotatable bonds is 4. The smallest absolute Gasteiger partial charge is 0.261 e. The summed E-state index contributed by atoms with van der Waals surface area (Å²) in [6.07, 6.45) is 10.9. The Morgan fingerprint density at radius 3 is 2.95 bits per heavy atom. The van der Waals surface area contributed by atoms with E-state index in [1.165, 1.54) is 11.6 Å². The summed E-state index contributed by atoms with van der Waals surface area (Å²) >= 11 is 1.79. The van der Waals surface area contributed by atoms with E-state index in [0.717, 1.165) is 19.3 Å². The Balaban J connectivity index is 2.11. The fourth-order valence-electron chi connectivity index (χ4n) is 2.02. The quantitative estimate of drug-likeness (QED) is 0.655. The predicted octanol–water partition coefficient (Wildman–Crippen LogP) is 2.59. The average molecular weight is 370 g/mol. The van der Waals surface area contributed by atoms with Crippen LogP contribution in [0.5, 0.6) is 0 Å². The molecule has 1 aromatic heterocycles. The number of halogens is 1. The third-order valence-corrected chi connectivity index (χ3v) is 3.60. The summed E-state index contributed by atoms with van der Waals surface area (Å²) in [7, 11) is 0. The number of allylic oxidation sites excluding steroid dienone is 4. The minimum absolute atomic E-state index is 0.0723. The van der Waals surface area contributed by atoms with Gasteiger partial charge in [0.2, 0.25) is 0 Å². The van der Waals surface area contributed by atoms with Gasteiger partial charge in [-0.05, 0) is 25.3 Å². The molecule has 1 amide bonds. The Labute approximate surface area is 125 Å². The molecule has 0 unspecified atom stereocenters. The highest BCUT2D eigenvalue weighted by Crippen LogP contribution is 2.15. The molecule has 0 fully saturated rings. The molecule has 100 valence electrons. The fraction of sp³-hybridized carbons (Fsp3) is 0.286. The van der Waals surface area contributed by atoms with Crippen molar-refractivity contribution < 1.29 is 4.79 Å². The van der Waals surface area contributed by atoms with E-state index in [0.29, 0.717) is 12.1 Å². The molecule has 0 aliphatic heterocycles. The molecule has 0 saturated heterocycles. The van der Waals surface area contributed by atoms with Crippen LogP contribution in [0.3, 0.4) is 0 Å². The van der Waals surface area contributed by atoms with Gasteiger partial charge in [0.15, 0.2) is 0 Å². The molecular formula is C14H15IN2O2. The van der Waals surface area contributed by atoms with Crippen molar-refractivity contribution in [3.05, 3.63) is 58.0 Å². The molecule has 4 nitrogen and oxygen atoms in total. The number of hydrogen-bond donors (Lipinski definition) is 1. The van der Waals surface area contributed by atoms with Crippen LogP contribution in [-0.2, 0) is 6.54 Å².